The predicted molar refractivity (Wildman–Crippen MR) is 153 cm³/mol. The van der Waals surface area contributed by atoms with Crippen molar-refractivity contribution in [2.75, 3.05) is 33.3 Å². The summed E-state index contributed by atoms with van der Waals surface area (Å²) in [6, 6.07) is 13.7. The first kappa shape index (κ1) is 27.6. The summed E-state index contributed by atoms with van der Waals surface area (Å²) in [4.78, 5) is 33.1. The molecule has 0 spiro atoms. The normalized spacial score (nSPS) is 14.2. The fourth-order valence-corrected chi connectivity index (χ4v) is 5.19. The number of thiazole rings is 1. The number of hydrogen-bond donors (Lipinski definition) is 1. The van der Waals surface area contributed by atoms with Crippen LogP contribution in [0.3, 0.4) is 0 Å². The van der Waals surface area contributed by atoms with Gasteiger partial charge >= 0.3 is 0 Å². The largest absolute Gasteiger partial charge is 0.493 e. The molecule has 1 aromatic heterocycles. The molecule has 1 aliphatic heterocycles. The lowest BCUT2D eigenvalue weighted by atomic mass is 9.98. The van der Waals surface area contributed by atoms with Crippen LogP contribution in [0.15, 0.2) is 53.7 Å². The Bertz CT molecular complexity index is 1640. The molecule has 41 heavy (non-hydrogen) atoms. The van der Waals surface area contributed by atoms with Gasteiger partial charge in [-0.3, -0.25) is 20.2 Å². The molecule has 0 aliphatic carbocycles. The Hall–Kier alpha value is -4.91. The van der Waals surface area contributed by atoms with E-state index in [-0.39, 0.29) is 18.4 Å². The molecule has 13 heteroatoms. The maximum absolute atomic E-state index is 12.6. The number of amides is 1. The average molecular weight is 579 g/mol. The van der Waals surface area contributed by atoms with Crippen LogP contribution in [0.25, 0.3) is 10.2 Å². The van der Waals surface area contributed by atoms with Crippen molar-refractivity contribution >= 4 is 44.0 Å². The molecule has 4 aromatic rings. The van der Waals surface area contributed by atoms with Crippen molar-refractivity contribution in [2.45, 2.75) is 19.4 Å². The highest BCUT2D eigenvalue weighted by Gasteiger charge is 2.27. The predicted octanol–water partition coefficient (Wildman–Crippen LogP) is 5.42. The third-order valence-corrected chi connectivity index (χ3v) is 7.39. The topological polar surface area (TPSA) is 144 Å². The molecule has 1 atom stereocenters. The number of aryl methyl sites for hydroxylation is 1. The van der Waals surface area contributed by atoms with E-state index in [0.29, 0.717) is 40.1 Å². The van der Waals surface area contributed by atoms with Gasteiger partial charge in [0.1, 0.15) is 5.75 Å². The number of nitro groups is 1. The Morgan fingerprint density at radius 3 is 2.51 bits per heavy atom. The minimum Gasteiger partial charge on any atom is -0.493 e. The van der Waals surface area contributed by atoms with E-state index in [4.69, 9.17) is 23.8 Å². The zero-order valence-corrected chi connectivity index (χ0v) is 23.4. The second-order valence-electron chi connectivity index (χ2n) is 9.04. The van der Waals surface area contributed by atoms with E-state index in [0.717, 1.165) is 27.1 Å². The van der Waals surface area contributed by atoms with E-state index in [9.17, 15) is 14.9 Å². The van der Waals surface area contributed by atoms with Crippen LogP contribution in [0.1, 0.15) is 29.2 Å². The Morgan fingerprint density at radius 2 is 1.83 bits per heavy atom. The number of benzene rings is 3. The molecular formula is C28H26N4O8S. The molecule has 3 aromatic carbocycles. The second-order valence-corrected chi connectivity index (χ2v) is 10.1. The van der Waals surface area contributed by atoms with E-state index in [1.807, 2.05) is 37.3 Å². The first-order chi connectivity index (χ1) is 19.8. The summed E-state index contributed by atoms with van der Waals surface area (Å²) < 4.78 is 22.9. The van der Waals surface area contributed by atoms with Crippen LogP contribution in [-0.4, -0.2) is 49.5 Å². The highest BCUT2D eigenvalue weighted by molar-refractivity contribution is 7.22. The molecule has 0 saturated carbocycles. The number of ether oxygens (including phenoxy) is 4. The lowest BCUT2D eigenvalue weighted by Crippen LogP contribution is -2.20. The molecule has 1 N–H and O–H groups in total. The molecule has 1 unspecified atom stereocenters. The quantitative estimate of drug-likeness (QED) is 0.193. The lowest BCUT2D eigenvalue weighted by molar-refractivity contribution is -0.384. The molecule has 1 amide bonds. The summed E-state index contributed by atoms with van der Waals surface area (Å²) in [6.07, 6.45) is 0.143. The van der Waals surface area contributed by atoms with Gasteiger partial charge in [0.15, 0.2) is 29.3 Å². The number of nitrogens with zero attached hydrogens (tertiary/aromatic N) is 3. The molecular weight excluding hydrogens is 552 g/mol. The fourth-order valence-electron chi connectivity index (χ4n) is 4.33. The Morgan fingerprint density at radius 1 is 1.07 bits per heavy atom. The minimum absolute atomic E-state index is 0.0634. The van der Waals surface area contributed by atoms with Crippen LogP contribution >= 0.6 is 11.3 Å². The van der Waals surface area contributed by atoms with Gasteiger partial charge in [-0.25, -0.2) is 4.98 Å². The number of nitrogens with one attached hydrogen (secondary N) is 1. The van der Waals surface area contributed by atoms with Crippen molar-refractivity contribution in [3.05, 3.63) is 75.3 Å². The van der Waals surface area contributed by atoms with Gasteiger partial charge < -0.3 is 23.8 Å². The Kier molecular flexibility index (Phi) is 7.88. The van der Waals surface area contributed by atoms with E-state index < -0.39 is 10.8 Å². The number of anilines is 1. The Balaban J connectivity index is 1.24. The summed E-state index contributed by atoms with van der Waals surface area (Å²) in [7, 11) is 4.65. The van der Waals surface area contributed by atoms with Crippen molar-refractivity contribution in [2.24, 2.45) is 5.16 Å². The number of rotatable bonds is 10. The first-order valence-electron chi connectivity index (χ1n) is 12.4. The van der Waals surface area contributed by atoms with E-state index in [1.165, 1.54) is 23.5 Å². The molecule has 2 heterocycles. The maximum atomic E-state index is 12.6. The van der Waals surface area contributed by atoms with Crippen molar-refractivity contribution in [1.29, 1.82) is 0 Å². The summed E-state index contributed by atoms with van der Waals surface area (Å²) >= 11 is 1.22. The van der Waals surface area contributed by atoms with E-state index in [1.54, 1.807) is 27.4 Å². The number of fused-ring (bicyclic) bond motifs is 1. The SMILES string of the molecule is COc1cc(C2=NOC(c3ccc(C)c(OCC(=O)Nc4nc5cc([N+](=O)[O-])ccc5s4)c3)C2)cc(OC)c1OC. The molecule has 0 bridgehead atoms. The molecule has 0 fully saturated rings. The molecule has 0 saturated heterocycles. The minimum atomic E-state index is -0.488. The van der Waals surface area contributed by atoms with Gasteiger partial charge in [-0.15, -0.1) is 0 Å². The smallest absolute Gasteiger partial charge is 0.271 e. The molecule has 0 radical (unpaired) electrons. The monoisotopic (exact) mass is 578 g/mol. The van der Waals surface area contributed by atoms with Crippen LogP contribution in [0.5, 0.6) is 23.0 Å². The molecule has 212 valence electrons. The zero-order valence-electron chi connectivity index (χ0n) is 22.6. The van der Waals surface area contributed by atoms with Gasteiger partial charge in [0, 0.05) is 24.1 Å². The van der Waals surface area contributed by atoms with Crippen LogP contribution in [0.2, 0.25) is 0 Å². The highest BCUT2D eigenvalue weighted by atomic mass is 32.1. The van der Waals surface area contributed by atoms with Crippen LogP contribution in [0.4, 0.5) is 10.8 Å². The van der Waals surface area contributed by atoms with Gasteiger partial charge in [-0.05, 0) is 42.3 Å². The van der Waals surface area contributed by atoms with Gasteiger partial charge in [0.2, 0.25) is 5.75 Å². The third kappa shape index (κ3) is 5.84. The summed E-state index contributed by atoms with van der Waals surface area (Å²) in [6.45, 7) is 1.63. The molecule has 12 nitrogen and oxygen atoms in total. The number of nitro benzene ring substituents is 1. The average Bonchev–Trinajstić information content (AvgIpc) is 3.62. The number of non-ortho nitro benzene ring substituents is 1. The highest BCUT2D eigenvalue weighted by Crippen LogP contribution is 2.40. The summed E-state index contributed by atoms with van der Waals surface area (Å²) in [5, 5.41) is 18.3. The van der Waals surface area contributed by atoms with Crippen LogP contribution in [0, 0.1) is 17.0 Å². The fraction of sp³-hybridized carbons (Fsp3) is 0.250. The lowest BCUT2D eigenvalue weighted by Gasteiger charge is -2.14. The number of oxime groups is 1. The number of carbonyl (C=O) groups is 1. The van der Waals surface area contributed by atoms with Crippen LogP contribution in [-0.2, 0) is 9.63 Å². The number of aromatic nitrogens is 1. The molecule has 1 aliphatic rings. The third-order valence-electron chi connectivity index (χ3n) is 6.44. The number of carbonyl (C=O) groups excluding carboxylic acids is 1. The van der Waals surface area contributed by atoms with Crippen molar-refractivity contribution in [1.82, 2.24) is 4.98 Å². The van der Waals surface area contributed by atoms with Gasteiger partial charge in [-0.1, -0.05) is 28.6 Å². The Labute approximate surface area is 238 Å². The summed E-state index contributed by atoms with van der Waals surface area (Å²) in [5.74, 6) is 1.65. The standard InChI is InChI=1S/C28H26N4O8S/c1-15-5-6-16(22-13-19(31-40-22)17-10-23(36-2)27(38-4)24(11-17)37-3)9-21(15)39-14-26(33)30-28-29-20-12-18(32(34)35)7-8-25(20)41-28/h5-12,22H,13-14H2,1-4H3,(H,29,30,33). The zero-order chi connectivity index (χ0) is 29.1. The maximum Gasteiger partial charge on any atom is 0.271 e. The van der Waals surface area contributed by atoms with Gasteiger partial charge in [0.05, 0.1) is 42.2 Å². The van der Waals surface area contributed by atoms with Gasteiger partial charge in [-0.2, -0.15) is 0 Å². The van der Waals surface area contributed by atoms with E-state index >= 15 is 0 Å². The van der Waals surface area contributed by atoms with Crippen molar-refractivity contribution in [3.63, 3.8) is 0 Å². The number of hydrogen-bond acceptors (Lipinski definition) is 11. The second kappa shape index (κ2) is 11.7. The summed E-state index contributed by atoms with van der Waals surface area (Å²) in [5.41, 5.74) is 3.56. The van der Waals surface area contributed by atoms with Gasteiger partial charge in [0.25, 0.3) is 11.6 Å². The van der Waals surface area contributed by atoms with Crippen molar-refractivity contribution < 1.29 is 33.5 Å². The molecule has 5 rings (SSSR count). The van der Waals surface area contributed by atoms with Crippen LogP contribution < -0.4 is 24.3 Å². The van der Waals surface area contributed by atoms with Crippen molar-refractivity contribution in [3.8, 4) is 23.0 Å². The first-order valence-corrected chi connectivity index (χ1v) is 13.2. The van der Waals surface area contributed by atoms with E-state index in [2.05, 4.69) is 15.5 Å². The number of methoxy groups -OCH3 is 3.